The molecular weight excluding hydrogens is 184 g/mol. The van der Waals surface area contributed by atoms with Crippen molar-refractivity contribution in [3.05, 3.63) is 0 Å². The summed E-state index contributed by atoms with van der Waals surface area (Å²) in [6.07, 6.45) is 0.981. The largest absolute Gasteiger partial charge is 0.480 e. The highest BCUT2D eigenvalue weighted by Gasteiger charge is 2.13. The predicted molar refractivity (Wildman–Crippen MR) is 53.1 cm³/mol. The number of carbonyl (C=O) groups is 2. The van der Waals surface area contributed by atoms with Gasteiger partial charge in [0.05, 0.1) is 0 Å². The third-order valence-electron chi connectivity index (χ3n) is 2.03. The Morgan fingerprint density at radius 2 is 1.93 bits per heavy atom. The monoisotopic (exact) mass is 202 g/mol. The van der Waals surface area contributed by atoms with Crippen molar-refractivity contribution in [2.24, 2.45) is 5.92 Å². The van der Waals surface area contributed by atoms with Crippen molar-refractivity contribution in [3.63, 3.8) is 0 Å². The van der Waals surface area contributed by atoms with Gasteiger partial charge in [0.2, 0.25) is 0 Å². The molecule has 0 aromatic heterocycles. The Morgan fingerprint density at radius 3 is 2.36 bits per heavy atom. The molecule has 3 N–H and O–H groups in total. The fourth-order valence-corrected chi connectivity index (χ4v) is 0.721. The maximum atomic E-state index is 11.1. The minimum atomic E-state index is -1.04. The second-order valence-electron chi connectivity index (χ2n) is 3.43. The minimum Gasteiger partial charge on any atom is -0.480 e. The summed E-state index contributed by atoms with van der Waals surface area (Å²) in [6.45, 7) is 6.03. The van der Waals surface area contributed by atoms with Gasteiger partial charge in [-0.25, -0.2) is 4.79 Å². The van der Waals surface area contributed by atoms with E-state index < -0.39 is 18.0 Å². The molecule has 2 amide bonds. The molecule has 2 atom stereocenters. The second kappa shape index (κ2) is 6.23. The summed E-state index contributed by atoms with van der Waals surface area (Å²) in [6, 6.07) is -1.29. The summed E-state index contributed by atoms with van der Waals surface area (Å²) < 4.78 is 0. The van der Waals surface area contributed by atoms with Crippen LogP contribution in [0.5, 0.6) is 0 Å². The number of hydrogen-bond acceptors (Lipinski definition) is 2. The number of carboxylic acids is 1. The standard InChI is InChI=1S/C9H18N2O3/c1-4-6(2)5-10-9(14)11-7(3)8(12)13/h6-7H,4-5H2,1-3H3,(H,12,13)(H2,10,11,14)/t6?,7-/m0/s1. The lowest BCUT2D eigenvalue weighted by Crippen LogP contribution is -2.45. The van der Waals surface area contributed by atoms with E-state index in [0.717, 1.165) is 6.42 Å². The van der Waals surface area contributed by atoms with Gasteiger partial charge in [-0.2, -0.15) is 0 Å². The van der Waals surface area contributed by atoms with Gasteiger partial charge in [0.1, 0.15) is 6.04 Å². The number of urea groups is 1. The number of carboxylic acid groups (broad SMARTS) is 1. The summed E-state index contributed by atoms with van der Waals surface area (Å²) in [5.41, 5.74) is 0. The normalized spacial score (nSPS) is 14.2. The number of aliphatic carboxylic acids is 1. The quantitative estimate of drug-likeness (QED) is 0.617. The summed E-state index contributed by atoms with van der Waals surface area (Å²) in [5, 5.41) is 13.4. The molecule has 14 heavy (non-hydrogen) atoms. The highest BCUT2D eigenvalue weighted by Crippen LogP contribution is 1.96. The van der Waals surface area contributed by atoms with E-state index in [1.165, 1.54) is 6.92 Å². The summed E-state index contributed by atoms with van der Waals surface area (Å²) in [5.74, 6) is -0.635. The predicted octanol–water partition coefficient (Wildman–Crippen LogP) is 0.805. The number of carbonyl (C=O) groups excluding carboxylic acids is 1. The van der Waals surface area contributed by atoms with Crippen LogP contribution in [0.2, 0.25) is 0 Å². The van der Waals surface area contributed by atoms with Crippen LogP contribution in [0.25, 0.3) is 0 Å². The number of amides is 2. The Kier molecular flexibility index (Phi) is 5.67. The van der Waals surface area contributed by atoms with Crippen molar-refractivity contribution in [3.8, 4) is 0 Å². The number of hydrogen-bond donors (Lipinski definition) is 3. The van der Waals surface area contributed by atoms with Crippen molar-refractivity contribution in [1.82, 2.24) is 10.6 Å². The highest BCUT2D eigenvalue weighted by atomic mass is 16.4. The summed E-state index contributed by atoms with van der Waals surface area (Å²) in [4.78, 5) is 21.5. The first kappa shape index (κ1) is 12.7. The summed E-state index contributed by atoms with van der Waals surface area (Å²) >= 11 is 0. The molecule has 0 heterocycles. The Bertz CT molecular complexity index is 206. The van der Waals surface area contributed by atoms with Crippen LogP contribution in [0.1, 0.15) is 27.2 Å². The van der Waals surface area contributed by atoms with Gasteiger partial charge in [0, 0.05) is 6.54 Å². The van der Waals surface area contributed by atoms with Crippen LogP contribution < -0.4 is 10.6 Å². The minimum absolute atomic E-state index is 0.404. The van der Waals surface area contributed by atoms with E-state index in [1.54, 1.807) is 0 Å². The van der Waals surface area contributed by atoms with Crippen LogP contribution in [0.15, 0.2) is 0 Å². The first-order valence-electron chi connectivity index (χ1n) is 4.74. The molecule has 0 aliphatic rings. The van der Waals surface area contributed by atoms with Gasteiger partial charge in [-0.05, 0) is 12.8 Å². The van der Waals surface area contributed by atoms with E-state index in [-0.39, 0.29) is 0 Å². The molecule has 0 rings (SSSR count). The van der Waals surface area contributed by atoms with E-state index in [9.17, 15) is 9.59 Å². The average molecular weight is 202 g/mol. The smallest absolute Gasteiger partial charge is 0.325 e. The molecule has 0 radical (unpaired) electrons. The van der Waals surface area contributed by atoms with Crippen LogP contribution in [0.4, 0.5) is 4.79 Å². The lowest BCUT2D eigenvalue weighted by molar-refractivity contribution is -0.138. The molecule has 0 saturated heterocycles. The molecule has 0 saturated carbocycles. The Balaban J connectivity index is 3.71. The highest BCUT2D eigenvalue weighted by molar-refractivity contribution is 5.82. The molecule has 0 aromatic carbocycles. The van der Waals surface area contributed by atoms with Crippen molar-refractivity contribution in [2.45, 2.75) is 33.2 Å². The average Bonchev–Trinajstić information content (AvgIpc) is 2.13. The van der Waals surface area contributed by atoms with Gasteiger partial charge < -0.3 is 15.7 Å². The molecule has 82 valence electrons. The first-order chi connectivity index (χ1) is 6.47. The van der Waals surface area contributed by atoms with Crippen LogP contribution in [-0.4, -0.2) is 29.7 Å². The van der Waals surface area contributed by atoms with E-state index in [4.69, 9.17) is 5.11 Å². The first-order valence-corrected chi connectivity index (χ1v) is 4.74. The van der Waals surface area contributed by atoms with Crippen LogP contribution in [0.3, 0.4) is 0 Å². The van der Waals surface area contributed by atoms with Crippen molar-refractivity contribution >= 4 is 12.0 Å². The van der Waals surface area contributed by atoms with Crippen molar-refractivity contribution in [2.75, 3.05) is 6.54 Å². The van der Waals surface area contributed by atoms with E-state index in [1.807, 2.05) is 13.8 Å². The lowest BCUT2D eigenvalue weighted by Gasteiger charge is -2.13. The molecule has 1 unspecified atom stereocenters. The zero-order chi connectivity index (χ0) is 11.1. The summed E-state index contributed by atoms with van der Waals surface area (Å²) in [7, 11) is 0. The molecule has 0 spiro atoms. The van der Waals surface area contributed by atoms with Gasteiger partial charge in [0.25, 0.3) is 0 Å². The van der Waals surface area contributed by atoms with Crippen LogP contribution in [-0.2, 0) is 4.79 Å². The Hall–Kier alpha value is -1.26. The zero-order valence-electron chi connectivity index (χ0n) is 8.83. The van der Waals surface area contributed by atoms with Gasteiger partial charge in [-0.15, -0.1) is 0 Å². The topological polar surface area (TPSA) is 78.4 Å². The third-order valence-corrected chi connectivity index (χ3v) is 2.03. The number of nitrogens with one attached hydrogen (secondary N) is 2. The van der Waals surface area contributed by atoms with Gasteiger partial charge in [-0.1, -0.05) is 20.3 Å². The van der Waals surface area contributed by atoms with Crippen LogP contribution in [0, 0.1) is 5.92 Å². The van der Waals surface area contributed by atoms with Gasteiger partial charge >= 0.3 is 12.0 Å². The van der Waals surface area contributed by atoms with Crippen LogP contribution >= 0.6 is 0 Å². The Labute approximate surface area is 83.9 Å². The Morgan fingerprint density at radius 1 is 1.36 bits per heavy atom. The molecule has 0 aliphatic heterocycles. The molecule has 5 heteroatoms. The molecule has 0 aromatic rings. The molecule has 5 nitrogen and oxygen atoms in total. The van der Waals surface area contributed by atoms with Gasteiger partial charge in [0.15, 0.2) is 0 Å². The molecular formula is C9H18N2O3. The zero-order valence-corrected chi connectivity index (χ0v) is 8.83. The van der Waals surface area contributed by atoms with E-state index in [0.29, 0.717) is 12.5 Å². The third kappa shape index (κ3) is 5.40. The maximum absolute atomic E-state index is 11.1. The molecule has 0 bridgehead atoms. The van der Waals surface area contributed by atoms with Crippen molar-refractivity contribution in [1.29, 1.82) is 0 Å². The lowest BCUT2D eigenvalue weighted by atomic mass is 10.1. The van der Waals surface area contributed by atoms with Gasteiger partial charge in [-0.3, -0.25) is 4.79 Å². The molecule has 0 fully saturated rings. The van der Waals surface area contributed by atoms with E-state index >= 15 is 0 Å². The van der Waals surface area contributed by atoms with E-state index in [2.05, 4.69) is 10.6 Å². The second-order valence-corrected chi connectivity index (χ2v) is 3.43. The number of rotatable bonds is 5. The SMILES string of the molecule is CCC(C)CNC(=O)N[C@@H](C)C(=O)O. The fraction of sp³-hybridized carbons (Fsp3) is 0.778. The maximum Gasteiger partial charge on any atom is 0.325 e. The fourth-order valence-electron chi connectivity index (χ4n) is 0.721. The molecule has 0 aliphatic carbocycles. The van der Waals surface area contributed by atoms with Crippen molar-refractivity contribution < 1.29 is 14.7 Å².